The molecule has 0 radical (unpaired) electrons. The van der Waals surface area contributed by atoms with Gasteiger partial charge in [0.1, 0.15) is 11.2 Å². The predicted octanol–water partition coefficient (Wildman–Crippen LogP) is 5.45. The minimum Gasteiger partial charge on any atom is -0.389 e. The summed E-state index contributed by atoms with van der Waals surface area (Å²) in [4.78, 5) is 13.7. The van der Waals surface area contributed by atoms with Crippen LogP contribution in [0.2, 0.25) is 0 Å². The third-order valence-corrected chi connectivity index (χ3v) is 12.1. The molecular formula is C29H46O4. The van der Waals surface area contributed by atoms with E-state index < -0.39 is 22.9 Å². The maximum atomic E-state index is 13.7. The number of carbonyl (C=O) groups is 1. The normalized spacial score (nSPS) is 52.6. The number of ketones is 1. The van der Waals surface area contributed by atoms with Crippen molar-refractivity contribution >= 4 is 5.78 Å². The molecule has 1 heterocycles. The van der Waals surface area contributed by atoms with Gasteiger partial charge in [-0.25, -0.2) is 0 Å². The molecule has 186 valence electrons. The lowest BCUT2D eigenvalue weighted by atomic mass is 9.45. The molecule has 0 unspecified atom stereocenters. The first-order valence-corrected chi connectivity index (χ1v) is 13.6. The molecule has 0 amide bonds. The Bertz CT molecular complexity index is 866. The average Bonchev–Trinajstić information content (AvgIpc) is 3.43. The molecule has 4 heteroatoms. The average molecular weight is 459 g/mol. The molecule has 4 nitrogen and oxygen atoms in total. The van der Waals surface area contributed by atoms with Gasteiger partial charge in [0.25, 0.3) is 0 Å². The molecule has 0 bridgehead atoms. The summed E-state index contributed by atoms with van der Waals surface area (Å²) in [5.74, 6) is 2.14. The van der Waals surface area contributed by atoms with E-state index >= 15 is 0 Å². The molecule has 5 fully saturated rings. The Kier molecular flexibility index (Phi) is 5.21. The number of fused-ring (bicyclic) bond motifs is 1. The van der Waals surface area contributed by atoms with Crippen LogP contribution in [-0.4, -0.2) is 38.9 Å². The molecule has 1 spiro atoms. The van der Waals surface area contributed by atoms with E-state index in [1.807, 2.05) is 0 Å². The van der Waals surface area contributed by atoms with Crippen LogP contribution in [0.15, 0.2) is 12.2 Å². The highest BCUT2D eigenvalue weighted by atomic mass is 16.7. The Morgan fingerprint density at radius 1 is 1.06 bits per heavy atom. The maximum absolute atomic E-state index is 13.7. The number of carbonyl (C=O) groups excluding carboxylic acids is 1. The number of rotatable bonds is 5. The summed E-state index contributed by atoms with van der Waals surface area (Å²) in [6, 6.07) is 0. The molecule has 1 aliphatic heterocycles. The number of ether oxygens (including phenoxy) is 1. The Labute approximate surface area is 200 Å². The second-order valence-corrected chi connectivity index (χ2v) is 13.5. The molecule has 4 saturated carbocycles. The fourth-order valence-corrected chi connectivity index (χ4v) is 9.61. The van der Waals surface area contributed by atoms with Crippen LogP contribution < -0.4 is 0 Å². The van der Waals surface area contributed by atoms with Crippen molar-refractivity contribution in [3.05, 3.63) is 12.2 Å². The van der Waals surface area contributed by atoms with Gasteiger partial charge in [-0.05, 0) is 73.7 Å². The summed E-state index contributed by atoms with van der Waals surface area (Å²) in [6.45, 7) is 18.2. The Hall–Kier alpha value is -0.710. The number of hydrogen-bond donors (Lipinski definition) is 2. The van der Waals surface area contributed by atoms with Gasteiger partial charge in [0.15, 0.2) is 11.4 Å². The summed E-state index contributed by atoms with van der Waals surface area (Å²) >= 11 is 0. The zero-order valence-electron chi connectivity index (χ0n) is 21.7. The molecule has 0 aromatic rings. The highest BCUT2D eigenvalue weighted by molar-refractivity contribution is 5.91. The molecule has 5 rings (SSSR count). The molecule has 2 N–H and O–H groups in total. The Balaban J connectivity index is 1.55. The minimum atomic E-state index is -1.47. The largest absolute Gasteiger partial charge is 0.389 e. The Morgan fingerprint density at radius 2 is 1.76 bits per heavy atom. The molecule has 0 aromatic carbocycles. The van der Waals surface area contributed by atoms with Crippen molar-refractivity contribution in [2.24, 2.45) is 40.4 Å². The van der Waals surface area contributed by atoms with Gasteiger partial charge in [0.05, 0.1) is 6.10 Å². The zero-order valence-corrected chi connectivity index (χ0v) is 21.7. The van der Waals surface area contributed by atoms with E-state index in [2.05, 4.69) is 48.1 Å². The van der Waals surface area contributed by atoms with Gasteiger partial charge in [-0.1, -0.05) is 61.0 Å². The van der Waals surface area contributed by atoms with Gasteiger partial charge in [-0.15, -0.1) is 0 Å². The second-order valence-electron chi connectivity index (χ2n) is 13.5. The van der Waals surface area contributed by atoms with Crippen molar-refractivity contribution in [3.8, 4) is 0 Å². The SMILES string of the molecule is C=C1[C@@H](O)CC[C@@]2(C)[C@H]1C[C@]1(O)C(=O)CC[C@H]([C@H](C)CC[C@@H](C)C(C)C)[C@@]3(C)CC[C@]24O[C@@]413. The van der Waals surface area contributed by atoms with E-state index in [1.54, 1.807) is 0 Å². The standard InChI is InChI=1S/C29H46O4/c1-17(2)18(3)8-9-19(4)21-10-11-24(31)27(32)16-22-20(5)23(30)12-13-25(22,6)28-15-14-26(21,7)29(27,28)33-28/h17-19,21-23,30,32H,5,8-16H2,1-4,6-7H3/t18-,19-,21-,22+,23+,25+,26-,27+,28+,29-/m1/s1. The van der Waals surface area contributed by atoms with Gasteiger partial charge in [0, 0.05) is 17.3 Å². The van der Waals surface area contributed by atoms with Crippen LogP contribution in [-0.2, 0) is 9.53 Å². The van der Waals surface area contributed by atoms with E-state index in [0.717, 1.165) is 37.7 Å². The molecule has 4 aliphatic carbocycles. The lowest BCUT2D eigenvalue weighted by Crippen LogP contribution is -2.68. The minimum absolute atomic E-state index is 0.0299. The van der Waals surface area contributed by atoms with Crippen LogP contribution in [0.1, 0.15) is 99.3 Å². The van der Waals surface area contributed by atoms with Gasteiger partial charge >= 0.3 is 0 Å². The molecular weight excluding hydrogens is 412 g/mol. The summed E-state index contributed by atoms with van der Waals surface area (Å²) in [7, 11) is 0. The highest BCUT2D eigenvalue weighted by Gasteiger charge is 2.96. The van der Waals surface area contributed by atoms with Crippen LogP contribution in [0.3, 0.4) is 0 Å². The van der Waals surface area contributed by atoms with E-state index in [4.69, 9.17) is 4.74 Å². The van der Waals surface area contributed by atoms with Crippen molar-refractivity contribution < 1.29 is 19.7 Å². The van der Waals surface area contributed by atoms with E-state index in [-0.39, 0.29) is 22.5 Å². The molecule has 0 aromatic heterocycles. The first kappa shape index (κ1) is 24.0. The molecule has 5 aliphatic rings. The smallest absolute Gasteiger partial charge is 0.167 e. The lowest BCUT2D eigenvalue weighted by Gasteiger charge is -2.56. The first-order chi connectivity index (χ1) is 15.3. The molecule has 10 atom stereocenters. The van der Waals surface area contributed by atoms with Crippen LogP contribution in [0.25, 0.3) is 0 Å². The monoisotopic (exact) mass is 458 g/mol. The fourth-order valence-electron chi connectivity index (χ4n) is 9.61. The summed E-state index contributed by atoms with van der Waals surface area (Å²) in [5, 5.41) is 22.9. The van der Waals surface area contributed by atoms with Crippen LogP contribution in [0.4, 0.5) is 0 Å². The van der Waals surface area contributed by atoms with Crippen molar-refractivity contribution in [2.45, 2.75) is 122 Å². The number of aliphatic hydroxyl groups is 2. The highest BCUT2D eigenvalue weighted by Crippen LogP contribution is 2.85. The maximum Gasteiger partial charge on any atom is 0.167 e. The van der Waals surface area contributed by atoms with Gasteiger partial charge in [-0.2, -0.15) is 0 Å². The first-order valence-electron chi connectivity index (χ1n) is 13.6. The summed E-state index contributed by atoms with van der Waals surface area (Å²) in [5.41, 5.74) is -2.32. The lowest BCUT2D eigenvalue weighted by molar-refractivity contribution is -0.164. The van der Waals surface area contributed by atoms with Crippen molar-refractivity contribution in [2.75, 3.05) is 0 Å². The molecule has 33 heavy (non-hydrogen) atoms. The molecule has 1 saturated heterocycles. The zero-order chi connectivity index (χ0) is 24.2. The van der Waals surface area contributed by atoms with Gasteiger partial charge < -0.3 is 14.9 Å². The summed E-state index contributed by atoms with van der Waals surface area (Å²) in [6.07, 6.45) is 6.95. The van der Waals surface area contributed by atoms with Crippen molar-refractivity contribution in [3.63, 3.8) is 0 Å². The number of Topliss-reactive ketones (excluding diaryl/α,β-unsaturated/α-hetero) is 1. The quantitative estimate of drug-likeness (QED) is 0.424. The van der Waals surface area contributed by atoms with Crippen LogP contribution in [0.5, 0.6) is 0 Å². The number of aliphatic hydroxyl groups excluding tert-OH is 1. The van der Waals surface area contributed by atoms with E-state index in [1.165, 1.54) is 6.42 Å². The van der Waals surface area contributed by atoms with Crippen molar-refractivity contribution in [1.29, 1.82) is 0 Å². The van der Waals surface area contributed by atoms with Gasteiger partial charge in [0.2, 0.25) is 0 Å². The third-order valence-electron chi connectivity index (χ3n) is 12.1. The topological polar surface area (TPSA) is 70.1 Å². The predicted molar refractivity (Wildman–Crippen MR) is 130 cm³/mol. The van der Waals surface area contributed by atoms with Crippen LogP contribution in [0, 0.1) is 40.4 Å². The van der Waals surface area contributed by atoms with E-state index in [0.29, 0.717) is 42.9 Å². The van der Waals surface area contributed by atoms with Crippen molar-refractivity contribution in [1.82, 2.24) is 0 Å². The number of epoxide rings is 1. The fraction of sp³-hybridized carbons (Fsp3) is 0.897. The van der Waals surface area contributed by atoms with E-state index in [9.17, 15) is 15.0 Å². The van der Waals surface area contributed by atoms with Crippen LogP contribution >= 0.6 is 0 Å². The third kappa shape index (κ3) is 2.62. The number of hydrogen-bond acceptors (Lipinski definition) is 4. The van der Waals surface area contributed by atoms with Gasteiger partial charge in [-0.3, -0.25) is 4.79 Å². The second kappa shape index (κ2) is 7.17. The Morgan fingerprint density at radius 3 is 2.42 bits per heavy atom. The summed E-state index contributed by atoms with van der Waals surface area (Å²) < 4.78 is 6.92.